The van der Waals surface area contributed by atoms with Gasteiger partial charge in [0.2, 0.25) is 0 Å². The molecule has 0 bridgehead atoms. The van der Waals surface area contributed by atoms with Crippen molar-refractivity contribution in [2.45, 2.75) is 33.1 Å². The number of aliphatic hydroxyl groups is 1. The van der Waals surface area contributed by atoms with Crippen LogP contribution < -0.4 is 4.74 Å². The number of aromatic nitrogens is 2. The predicted octanol–water partition coefficient (Wildman–Crippen LogP) is 3.96. The molecule has 0 aliphatic rings. The van der Waals surface area contributed by atoms with Gasteiger partial charge < -0.3 is 14.4 Å². The number of halogens is 1. The molecule has 0 spiro atoms. The van der Waals surface area contributed by atoms with Crippen LogP contribution in [0.1, 0.15) is 18.3 Å². The molecule has 5 heteroatoms. The summed E-state index contributed by atoms with van der Waals surface area (Å²) in [6, 6.07) is 13.4. The minimum absolute atomic E-state index is 0.337. The van der Waals surface area contributed by atoms with Crippen molar-refractivity contribution in [2.24, 2.45) is 0 Å². The maximum absolute atomic E-state index is 9.78. The largest absolute Gasteiger partial charge is 0.485 e. The van der Waals surface area contributed by atoms with E-state index in [1.54, 1.807) is 6.92 Å². The van der Waals surface area contributed by atoms with Crippen LogP contribution in [0.4, 0.5) is 0 Å². The van der Waals surface area contributed by atoms with Crippen LogP contribution in [0.15, 0.2) is 42.5 Å². The van der Waals surface area contributed by atoms with Gasteiger partial charge in [-0.05, 0) is 43.7 Å². The lowest BCUT2D eigenvalue weighted by molar-refractivity contribution is 0.171. The highest BCUT2D eigenvalue weighted by Crippen LogP contribution is 2.23. The first-order valence-electron chi connectivity index (χ1n) is 7.56. The van der Waals surface area contributed by atoms with Crippen molar-refractivity contribution in [3.63, 3.8) is 0 Å². The summed E-state index contributed by atoms with van der Waals surface area (Å²) in [6.07, 6.45) is -0.472. The van der Waals surface area contributed by atoms with Gasteiger partial charge in [0.15, 0.2) is 0 Å². The number of hydrogen-bond acceptors (Lipinski definition) is 3. The number of imidazole rings is 1. The van der Waals surface area contributed by atoms with Gasteiger partial charge in [0.25, 0.3) is 0 Å². The predicted molar refractivity (Wildman–Crippen MR) is 91.9 cm³/mol. The summed E-state index contributed by atoms with van der Waals surface area (Å²) < 4.78 is 7.89. The van der Waals surface area contributed by atoms with Crippen molar-refractivity contribution in [3.8, 4) is 5.75 Å². The maximum Gasteiger partial charge on any atom is 0.148 e. The van der Waals surface area contributed by atoms with E-state index >= 15 is 0 Å². The van der Waals surface area contributed by atoms with Crippen molar-refractivity contribution in [3.05, 3.63) is 58.9 Å². The van der Waals surface area contributed by atoms with E-state index in [2.05, 4.69) is 4.98 Å². The molecule has 1 unspecified atom stereocenters. The van der Waals surface area contributed by atoms with Crippen LogP contribution in [0.2, 0.25) is 5.02 Å². The molecular weight excluding hydrogens is 312 g/mol. The molecule has 0 amide bonds. The van der Waals surface area contributed by atoms with E-state index in [4.69, 9.17) is 16.3 Å². The second-order valence-electron chi connectivity index (χ2n) is 5.67. The molecule has 1 atom stereocenters. The second kappa shape index (κ2) is 6.60. The Labute approximate surface area is 140 Å². The molecule has 0 saturated heterocycles. The average molecular weight is 331 g/mol. The summed E-state index contributed by atoms with van der Waals surface area (Å²) >= 11 is 6.05. The standard InChI is InChI=1S/C18H19ClN2O2/c1-12-5-3-4-6-17(12)23-11-18-20-15-9-14(19)7-8-16(15)21(18)10-13(2)22/h3-9,13,22H,10-11H2,1-2H3. The highest BCUT2D eigenvalue weighted by Gasteiger charge is 2.13. The summed E-state index contributed by atoms with van der Waals surface area (Å²) in [5.41, 5.74) is 2.83. The smallest absolute Gasteiger partial charge is 0.148 e. The van der Waals surface area contributed by atoms with Gasteiger partial charge in [-0.2, -0.15) is 0 Å². The third-order valence-electron chi connectivity index (χ3n) is 3.69. The summed E-state index contributed by atoms with van der Waals surface area (Å²) in [7, 11) is 0. The highest BCUT2D eigenvalue weighted by molar-refractivity contribution is 6.31. The molecule has 3 aromatic rings. The summed E-state index contributed by atoms with van der Waals surface area (Å²) in [5.74, 6) is 1.60. The van der Waals surface area contributed by atoms with Crippen molar-refractivity contribution in [2.75, 3.05) is 0 Å². The van der Waals surface area contributed by atoms with Crippen LogP contribution in [-0.4, -0.2) is 20.8 Å². The Morgan fingerprint density at radius 3 is 2.78 bits per heavy atom. The summed E-state index contributed by atoms with van der Waals surface area (Å²) in [5, 5.41) is 10.4. The third kappa shape index (κ3) is 3.49. The molecular formula is C18H19ClN2O2. The van der Waals surface area contributed by atoms with E-state index in [1.165, 1.54) is 0 Å². The summed E-state index contributed by atoms with van der Waals surface area (Å²) in [6.45, 7) is 4.57. The zero-order valence-electron chi connectivity index (χ0n) is 13.2. The number of nitrogens with zero attached hydrogens (tertiary/aromatic N) is 2. The molecule has 3 rings (SSSR count). The molecule has 0 aliphatic heterocycles. The van der Waals surface area contributed by atoms with E-state index in [1.807, 2.05) is 54.0 Å². The fourth-order valence-electron chi connectivity index (χ4n) is 2.59. The zero-order valence-corrected chi connectivity index (χ0v) is 13.9. The Bertz CT molecular complexity index is 827. The SMILES string of the molecule is Cc1ccccc1OCc1nc2cc(Cl)ccc2n1CC(C)O. The number of para-hydroxylation sites is 1. The third-order valence-corrected chi connectivity index (χ3v) is 3.92. The first kappa shape index (κ1) is 15.8. The molecule has 23 heavy (non-hydrogen) atoms. The number of aryl methyl sites for hydroxylation is 1. The van der Waals surface area contributed by atoms with Gasteiger partial charge in [-0.25, -0.2) is 4.98 Å². The van der Waals surface area contributed by atoms with Gasteiger partial charge in [-0.1, -0.05) is 29.8 Å². The van der Waals surface area contributed by atoms with Gasteiger partial charge in [0, 0.05) is 5.02 Å². The molecule has 0 radical (unpaired) electrons. The fraction of sp³-hybridized carbons (Fsp3) is 0.278. The molecule has 4 nitrogen and oxygen atoms in total. The molecule has 0 saturated carbocycles. The topological polar surface area (TPSA) is 47.3 Å². The quantitative estimate of drug-likeness (QED) is 0.770. The lowest BCUT2D eigenvalue weighted by Crippen LogP contribution is -2.15. The van der Waals surface area contributed by atoms with Gasteiger partial charge in [-0.3, -0.25) is 0 Å². The van der Waals surface area contributed by atoms with E-state index in [0.29, 0.717) is 18.2 Å². The van der Waals surface area contributed by atoms with E-state index in [9.17, 15) is 5.11 Å². The van der Waals surface area contributed by atoms with Gasteiger partial charge in [0.1, 0.15) is 18.2 Å². The number of benzene rings is 2. The van der Waals surface area contributed by atoms with Crippen molar-refractivity contribution in [1.29, 1.82) is 0 Å². The lowest BCUT2D eigenvalue weighted by Gasteiger charge is -2.13. The van der Waals surface area contributed by atoms with Crippen molar-refractivity contribution >= 4 is 22.6 Å². The Morgan fingerprint density at radius 2 is 2.04 bits per heavy atom. The lowest BCUT2D eigenvalue weighted by atomic mass is 10.2. The minimum Gasteiger partial charge on any atom is -0.485 e. The van der Waals surface area contributed by atoms with Crippen LogP contribution in [-0.2, 0) is 13.2 Å². The molecule has 1 aromatic heterocycles. The maximum atomic E-state index is 9.78. The average Bonchev–Trinajstić information content (AvgIpc) is 2.83. The Morgan fingerprint density at radius 1 is 1.26 bits per heavy atom. The van der Waals surface area contributed by atoms with Gasteiger partial charge >= 0.3 is 0 Å². The Hall–Kier alpha value is -2.04. The van der Waals surface area contributed by atoms with Crippen LogP contribution in [0, 0.1) is 6.92 Å². The monoisotopic (exact) mass is 330 g/mol. The summed E-state index contributed by atoms with van der Waals surface area (Å²) in [4.78, 5) is 4.61. The van der Waals surface area contributed by atoms with Crippen LogP contribution in [0.25, 0.3) is 11.0 Å². The molecule has 0 fully saturated rings. The van der Waals surface area contributed by atoms with Crippen LogP contribution in [0.3, 0.4) is 0 Å². The number of aliphatic hydroxyl groups excluding tert-OH is 1. The first-order chi connectivity index (χ1) is 11.0. The number of hydrogen-bond donors (Lipinski definition) is 1. The Kier molecular flexibility index (Phi) is 4.55. The normalized spacial score (nSPS) is 12.5. The van der Waals surface area contributed by atoms with E-state index in [0.717, 1.165) is 28.2 Å². The number of rotatable bonds is 5. The zero-order chi connectivity index (χ0) is 16.4. The second-order valence-corrected chi connectivity index (χ2v) is 6.11. The molecule has 2 aromatic carbocycles. The van der Waals surface area contributed by atoms with Crippen LogP contribution in [0.5, 0.6) is 5.75 Å². The molecule has 1 heterocycles. The van der Waals surface area contributed by atoms with Crippen LogP contribution >= 0.6 is 11.6 Å². The van der Waals surface area contributed by atoms with Gasteiger partial charge in [0.05, 0.1) is 23.7 Å². The number of ether oxygens (including phenoxy) is 1. The molecule has 0 aliphatic carbocycles. The highest BCUT2D eigenvalue weighted by atomic mass is 35.5. The van der Waals surface area contributed by atoms with Crippen molar-refractivity contribution in [1.82, 2.24) is 9.55 Å². The van der Waals surface area contributed by atoms with E-state index in [-0.39, 0.29) is 0 Å². The molecule has 120 valence electrons. The van der Waals surface area contributed by atoms with Gasteiger partial charge in [-0.15, -0.1) is 0 Å². The Balaban J connectivity index is 1.94. The number of fused-ring (bicyclic) bond motifs is 1. The fourth-order valence-corrected chi connectivity index (χ4v) is 2.76. The minimum atomic E-state index is -0.472. The first-order valence-corrected chi connectivity index (χ1v) is 7.93. The molecule has 1 N–H and O–H groups in total. The van der Waals surface area contributed by atoms with E-state index < -0.39 is 6.10 Å². The van der Waals surface area contributed by atoms with Crippen molar-refractivity contribution < 1.29 is 9.84 Å².